The van der Waals surface area contributed by atoms with Gasteiger partial charge in [0.15, 0.2) is 0 Å². The maximum Gasteiger partial charge on any atom is 0.417 e. The molecule has 0 aliphatic carbocycles. The van der Waals surface area contributed by atoms with Crippen LogP contribution in [0.25, 0.3) is 10.9 Å². The third kappa shape index (κ3) is 3.42. The molecule has 0 spiro atoms. The Bertz CT molecular complexity index is 868. The maximum absolute atomic E-state index is 12.9. The first kappa shape index (κ1) is 16.1. The number of nitrogens with one attached hydrogen (secondary N) is 2. The van der Waals surface area contributed by atoms with Crippen LogP contribution in [0.3, 0.4) is 0 Å². The first-order valence-electron chi connectivity index (χ1n) is 7.45. The van der Waals surface area contributed by atoms with E-state index >= 15 is 0 Å². The van der Waals surface area contributed by atoms with Crippen LogP contribution in [0, 0.1) is 0 Å². The highest BCUT2D eigenvalue weighted by atomic mass is 19.4. The van der Waals surface area contributed by atoms with E-state index in [0.29, 0.717) is 6.42 Å². The van der Waals surface area contributed by atoms with E-state index in [9.17, 15) is 18.0 Å². The van der Waals surface area contributed by atoms with Crippen molar-refractivity contribution in [1.29, 1.82) is 0 Å². The fourth-order valence-electron chi connectivity index (χ4n) is 2.59. The highest BCUT2D eigenvalue weighted by Gasteiger charge is 2.34. The summed E-state index contributed by atoms with van der Waals surface area (Å²) in [5.41, 5.74) is 0.704. The molecule has 124 valence electrons. The van der Waals surface area contributed by atoms with Crippen molar-refractivity contribution in [2.45, 2.75) is 12.6 Å². The molecule has 3 aromatic rings. The Hall–Kier alpha value is -2.76. The zero-order chi connectivity index (χ0) is 17.2. The van der Waals surface area contributed by atoms with Gasteiger partial charge in [0.25, 0.3) is 5.91 Å². The van der Waals surface area contributed by atoms with Gasteiger partial charge in [0, 0.05) is 18.3 Å². The molecular weight excluding hydrogens is 317 g/mol. The van der Waals surface area contributed by atoms with Gasteiger partial charge < -0.3 is 10.3 Å². The zero-order valence-electron chi connectivity index (χ0n) is 12.7. The average Bonchev–Trinajstić information content (AvgIpc) is 3.01. The predicted molar refractivity (Wildman–Crippen MR) is 85.8 cm³/mol. The summed E-state index contributed by atoms with van der Waals surface area (Å²) in [6, 6.07) is 12.6. The second-order valence-electron chi connectivity index (χ2n) is 5.45. The number of halogens is 3. The number of H-pyrrole nitrogens is 1. The summed E-state index contributed by atoms with van der Waals surface area (Å²) in [5, 5.41) is 3.64. The number of carbonyl (C=O) groups is 1. The average molecular weight is 332 g/mol. The van der Waals surface area contributed by atoms with E-state index < -0.39 is 17.6 Å². The Labute approximate surface area is 136 Å². The topological polar surface area (TPSA) is 44.9 Å². The van der Waals surface area contributed by atoms with Crippen molar-refractivity contribution in [3.63, 3.8) is 0 Å². The summed E-state index contributed by atoms with van der Waals surface area (Å²) < 4.78 is 38.8. The summed E-state index contributed by atoms with van der Waals surface area (Å²) >= 11 is 0. The number of aromatic amines is 1. The van der Waals surface area contributed by atoms with Crippen LogP contribution in [0.5, 0.6) is 0 Å². The summed E-state index contributed by atoms with van der Waals surface area (Å²) in [6.45, 7) is 0.261. The summed E-state index contributed by atoms with van der Waals surface area (Å²) in [5.74, 6) is -0.719. The molecule has 3 nitrogen and oxygen atoms in total. The van der Waals surface area contributed by atoms with Crippen LogP contribution in [0.15, 0.2) is 54.7 Å². The van der Waals surface area contributed by atoms with Gasteiger partial charge in [-0.05, 0) is 41.6 Å². The lowest BCUT2D eigenvalue weighted by atomic mass is 10.1. The fourth-order valence-corrected chi connectivity index (χ4v) is 2.59. The minimum Gasteiger partial charge on any atom is -0.361 e. The van der Waals surface area contributed by atoms with Crippen molar-refractivity contribution in [2.24, 2.45) is 0 Å². The van der Waals surface area contributed by atoms with Crippen LogP contribution < -0.4 is 5.32 Å². The summed E-state index contributed by atoms with van der Waals surface area (Å²) in [6.07, 6.45) is -2.17. The van der Waals surface area contributed by atoms with Gasteiger partial charge in [-0.15, -0.1) is 0 Å². The lowest BCUT2D eigenvalue weighted by Crippen LogP contribution is -2.28. The van der Waals surface area contributed by atoms with Crippen molar-refractivity contribution < 1.29 is 18.0 Å². The van der Waals surface area contributed by atoms with Gasteiger partial charge in [0.1, 0.15) is 0 Å². The largest absolute Gasteiger partial charge is 0.417 e. The van der Waals surface area contributed by atoms with Crippen LogP contribution in [0.2, 0.25) is 0 Å². The second-order valence-corrected chi connectivity index (χ2v) is 5.45. The molecule has 0 saturated heterocycles. The van der Waals surface area contributed by atoms with E-state index in [1.54, 1.807) is 0 Å². The van der Waals surface area contributed by atoms with Gasteiger partial charge in [-0.2, -0.15) is 13.2 Å². The monoisotopic (exact) mass is 332 g/mol. The lowest BCUT2D eigenvalue weighted by molar-refractivity contribution is -0.137. The van der Waals surface area contributed by atoms with Crippen LogP contribution in [0.1, 0.15) is 21.5 Å². The predicted octanol–water partition coefficient (Wildman–Crippen LogP) is 4.16. The van der Waals surface area contributed by atoms with Crippen molar-refractivity contribution in [2.75, 3.05) is 6.54 Å². The normalized spacial score (nSPS) is 11.6. The smallest absolute Gasteiger partial charge is 0.361 e. The van der Waals surface area contributed by atoms with Crippen LogP contribution >= 0.6 is 0 Å². The van der Waals surface area contributed by atoms with Gasteiger partial charge in [-0.1, -0.05) is 24.3 Å². The van der Waals surface area contributed by atoms with E-state index in [2.05, 4.69) is 10.3 Å². The molecule has 6 heteroatoms. The minimum atomic E-state index is -4.55. The van der Waals surface area contributed by atoms with Crippen molar-refractivity contribution in [1.82, 2.24) is 10.3 Å². The number of fused-ring (bicyclic) bond motifs is 1. The van der Waals surface area contributed by atoms with Crippen molar-refractivity contribution >= 4 is 16.8 Å². The number of rotatable bonds is 4. The Morgan fingerprint density at radius 3 is 2.67 bits per heavy atom. The number of aromatic nitrogens is 1. The molecule has 0 aliphatic rings. The summed E-state index contributed by atoms with van der Waals surface area (Å²) in [7, 11) is 0. The minimum absolute atomic E-state index is 0.261. The molecule has 24 heavy (non-hydrogen) atoms. The van der Waals surface area contributed by atoms with E-state index in [4.69, 9.17) is 0 Å². The van der Waals surface area contributed by atoms with E-state index in [-0.39, 0.29) is 12.1 Å². The van der Waals surface area contributed by atoms with E-state index in [1.165, 1.54) is 18.2 Å². The van der Waals surface area contributed by atoms with Gasteiger partial charge in [-0.3, -0.25) is 4.79 Å². The van der Waals surface area contributed by atoms with Crippen LogP contribution in [-0.4, -0.2) is 17.4 Å². The molecular formula is C18H15F3N2O. The number of hydrogen-bond donors (Lipinski definition) is 2. The number of amides is 1. The van der Waals surface area contributed by atoms with Gasteiger partial charge in [0.2, 0.25) is 0 Å². The number of carbonyl (C=O) groups excluding carboxylic acids is 1. The molecule has 2 aromatic carbocycles. The van der Waals surface area contributed by atoms with Crippen LogP contribution in [0.4, 0.5) is 13.2 Å². The van der Waals surface area contributed by atoms with Gasteiger partial charge in [-0.25, -0.2) is 0 Å². The molecule has 3 rings (SSSR count). The molecule has 0 atom stereocenters. The van der Waals surface area contributed by atoms with Crippen LogP contribution in [-0.2, 0) is 12.6 Å². The highest BCUT2D eigenvalue weighted by molar-refractivity contribution is 5.95. The molecule has 0 saturated carbocycles. The molecule has 1 heterocycles. The van der Waals surface area contributed by atoms with E-state index in [0.717, 1.165) is 22.5 Å². The Morgan fingerprint density at radius 2 is 1.88 bits per heavy atom. The third-order valence-corrected chi connectivity index (χ3v) is 3.80. The molecule has 0 aliphatic heterocycles. The first-order valence-corrected chi connectivity index (χ1v) is 7.45. The molecule has 0 bridgehead atoms. The summed E-state index contributed by atoms with van der Waals surface area (Å²) in [4.78, 5) is 15.2. The molecule has 1 amide bonds. The van der Waals surface area contributed by atoms with Crippen molar-refractivity contribution in [3.8, 4) is 0 Å². The lowest BCUT2D eigenvalue weighted by Gasteiger charge is -2.12. The molecule has 0 fully saturated rings. The molecule has 0 radical (unpaired) electrons. The second kappa shape index (κ2) is 6.39. The maximum atomic E-state index is 12.9. The Balaban J connectivity index is 1.65. The Kier molecular flexibility index (Phi) is 4.29. The Morgan fingerprint density at radius 1 is 1.08 bits per heavy atom. The molecule has 0 unspecified atom stereocenters. The highest BCUT2D eigenvalue weighted by Crippen LogP contribution is 2.31. The van der Waals surface area contributed by atoms with Gasteiger partial charge in [0.05, 0.1) is 11.1 Å². The molecule has 2 N–H and O–H groups in total. The zero-order valence-corrected chi connectivity index (χ0v) is 12.7. The van der Waals surface area contributed by atoms with E-state index in [1.807, 2.05) is 30.5 Å². The molecule has 1 aromatic heterocycles. The first-order chi connectivity index (χ1) is 11.4. The number of hydrogen-bond acceptors (Lipinski definition) is 1. The van der Waals surface area contributed by atoms with Gasteiger partial charge >= 0.3 is 6.18 Å². The SMILES string of the molecule is O=C(NCCc1ccc2cc[nH]c2c1)c1ccccc1C(F)(F)F. The number of benzene rings is 2. The third-order valence-electron chi connectivity index (χ3n) is 3.80. The standard InChI is InChI=1S/C18H15F3N2O/c19-18(20,21)15-4-2-1-3-14(15)17(24)23-9-7-12-5-6-13-8-10-22-16(13)11-12/h1-6,8,10-11,22H,7,9H2,(H,23,24). The number of alkyl halides is 3. The quantitative estimate of drug-likeness (QED) is 0.740. The fraction of sp³-hybridized carbons (Fsp3) is 0.167. The van der Waals surface area contributed by atoms with Crippen molar-refractivity contribution in [3.05, 3.63) is 71.4 Å².